The second kappa shape index (κ2) is 9.27. The van der Waals surface area contributed by atoms with Crippen molar-refractivity contribution in [1.29, 1.82) is 0 Å². The fraction of sp³-hybridized carbons (Fsp3) is 0.625. The highest BCUT2D eigenvalue weighted by Gasteiger charge is 2.11. The molecule has 0 saturated carbocycles. The lowest BCUT2D eigenvalue weighted by Gasteiger charge is -2.19. The first-order chi connectivity index (χ1) is 9.21. The number of methoxy groups -OCH3 is 1. The largest absolute Gasteiger partial charge is 0.497 e. The Kier molecular flexibility index (Phi) is 7.99. The Bertz CT molecular complexity index is 339. The topological polar surface area (TPSA) is 21.3 Å². The maximum atomic E-state index is 5.21. The summed E-state index contributed by atoms with van der Waals surface area (Å²) in [7, 11) is 1.71. The lowest BCUT2D eigenvalue weighted by atomic mass is 10.1. The minimum atomic E-state index is 0.435. The molecular weight excluding hydrogens is 254 g/mol. The summed E-state index contributed by atoms with van der Waals surface area (Å²) in [5, 5.41) is 3.57. The number of hydrogen-bond acceptors (Lipinski definition) is 3. The van der Waals surface area contributed by atoms with Crippen LogP contribution in [0.2, 0.25) is 0 Å². The van der Waals surface area contributed by atoms with Crippen LogP contribution >= 0.6 is 11.8 Å². The van der Waals surface area contributed by atoms with Crippen molar-refractivity contribution in [2.45, 2.75) is 33.2 Å². The van der Waals surface area contributed by atoms with Crippen LogP contribution < -0.4 is 10.1 Å². The van der Waals surface area contributed by atoms with Crippen LogP contribution in [0.1, 0.15) is 38.8 Å². The Hall–Kier alpha value is -0.670. The third-order valence-electron chi connectivity index (χ3n) is 3.35. The first kappa shape index (κ1) is 16.4. The highest BCUT2D eigenvalue weighted by Crippen LogP contribution is 2.22. The third kappa shape index (κ3) is 5.87. The molecule has 0 amide bonds. The van der Waals surface area contributed by atoms with Crippen LogP contribution in [0.25, 0.3) is 0 Å². The Morgan fingerprint density at radius 2 is 1.84 bits per heavy atom. The Balaban J connectivity index is 2.55. The second-order valence-electron chi connectivity index (χ2n) is 4.93. The van der Waals surface area contributed by atoms with Crippen molar-refractivity contribution in [1.82, 2.24) is 5.32 Å². The summed E-state index contributed by atoms with van der Waals surface area (Å²) < 4.78 is 5.21. The molecule has 1 N–H and O–H groups in total. The third-order valence-corrected chi connectivity index (χ3v) is 4.73. The number of rotatable bonds is 9. The SMILES string of the molecule is CCNC(CSCC(C)CC)c1ccc(OC)cc1. The zero-order valence-electron chi connectivity index (χ0n) is 12.6. The van der Waals surface area contributed by atoms with E-state index in [0.717, 1.165) is 24.0 Å². The van der Waals surface area contributed by atoms with Crippen LogP contribution in [0.4, 0.5) is 0 Å². The molecule has 0 saturated heterocycles. The van der Waals surface area contributed by atoms with E-state index in [9.17, 15) is 0 Å². The fourth-order valence-electron chi connectivity index (χ4n) is 1.86. The summed E-state index contributed by atoms with van der Waals surface area (Å²) in [6, 6.07) is 8.84. The summed E-state index contributed by atoms with van der Waals surface area (Å²) >= 11 is 2.05. The van der Waals surface area contributed by atoms with Crippen molar-refractivity contribution in [3.05, 3.63) is 29.8 Å². The maximum absolute atomic E-state index is 5.21. The van der Waals surface area contributed by atoms with Gasteiger partial charge in [0.25, 0.3) is 0 Å². The Morgan fingerprint density at radius 1 is 1.16 bits per heavy atom. The molecule has 0 spiro atoms. The Morgan fingerprint density at radius 3 is 2.37 bits per heavy atom. The average molecular weight is 281 g/mol. The van der Waals surface area contributed by atoms with Gasteiger partial charge in [0, 0.05) is 11.8 Å². The first-order valence-electron chi connectivity index (χ1n) is 7.16. The van der Waals surface area contributed by atoms with Crippen molar-refractivity contribution < 1.29 is 4.74 Å². The molecule has 0 fully saturated rings. The molecule has 0 aliphatic carbocycles. The molecular formula is C16H27NOS. The van der Waals surface area contributed by atoms with E-state index in [2.05, 4.69) is 38.2 Å². The van der Waals surface area contributed by atoms with E-state index in [1.165, 1.54) is 17.7 Å². The van der Waals surface area contributed by atoms with Gasteiger partial charge in [-0.2, -0.15) is 11.8 Å². The molecule has 0 bridgehead atoms. The van der Waals surface area contributed by atoms with E-state index in [4.69, 9.17) is 4.74 Å². The number of ether oxygens (including phenoxy) is 1. The molecule has 0 aromatic heterocycles. The molecule has 1 rings (SSSR count). The summed E-state index contributed by atoms with van der Waals surface area (Å²) in [4.78, 5) is 0. The van der Waals surface area contributed by atoms with Gasteiger partial charge in [0.1, 0.15) is 5.75 Å². The van der Waals surface area contributed by atoms with Crippen LogP contribution in [0.3, 0.4) is 0 Å². The molecule has 2 atom stereocenters. The van der Waals surface area contributed by atoms with Crippen LogP contribution in [-0.2, 0) is 0 Å². The van der Waals surface area contributed by atoms with Crippen molar-refractivity contribution in [2.75, 3.05) is 25.2 Å². The van der Waals surface area contributed by atoms with Gasteiger partial charge in [-0.15, -0.1) is 0 Å². The summed E-state index contributed by atoms with van der Waals surface area (Å²) in [6.07, 6.45) is 1.27. The van der Waals surface area contributed by atoms with Crippen molar-refractivity contribution in [2.24, 2.45) is 5.92 Å². The van der Waals surface area contributed by atoms with E-state index in [1.807, 2.05) is 23.9 Å². The quantitative estimate of drug-likeness (QED) is 0.735. The highest BCUT2D eigenvalue weighted by atomic mass is 32.2. The molecule has 108 valence electrons. The van der Waals surface area contributed by atoms with E-state index >= 15 is 0 Å². The predicted molar refractivity (Wildman–Crippen MR) is 86.2 cm³/mol. The first-order valence-corrected chi connectivity index (χ1v) is 8.31. The molecule has 0 aliphatic rings. The minimum absolute atomic E-state index is 0.435. The van der Waals surface area contributed by atoms with Crippen LogP contribution in [-0.4, -0.2) is 25.2 Å². The second-order valence-corrected chi connectivity index (χ2v) is 6.01. The lowest BCUT2D eigenvalue weighted by molar-refractivity contribution is 0.414. The average Bonchev–Trinajstić information content (AvgIpc) is 2.46. The summed E-state index contributed by atoms with van der Waals surface area (Å²) in [5.74, 6) is 4.10. The minimum Gasteiger partial charge on any atom is -0.497 e. The number of nitrogens with one attached hydrogen (secondary N) is 1. The highest BCUT2D eigenvalue weighted by molar-refractivity contribution is 7.99. The van der Waals surface area contributed by atoms with E-state index < -0.39 is 0 Å². The van der Waals surface area contributed by atoms with Gasteiger partial charge in [-0.05, 0) is 35.9 Å². The van der Waals surface area contributed by atoms with Gasteiger partial charge in [-0.25, -0.2) is 0 Å². The zero-order valence-corrected chi connectivity index (χ0v) is 13.4. The number of thioether (sulfide) groups is 1. The van der Waals surface area contributed by atoms with Crippen molar-refractivity contribution in [3.63, 3.8) is 0 Å². The van der Waals surface area contributed by atoms with Gasteiger partial charge >= 0.3 is 0 Å². The molecule has 2 unspecified atom stereocenters. The molecule has 0 heterocycles. The Labute approximate surface area is 122 Å². The fourth-order valence-corrected chi connectivity index (χ4v) is 3.18. The number of benzene rings is 1. The van der Waals surface area contributed by atoms with Crippen molar-refractivity contribution >= 4 is 11.8 Å². The maximum Gasteiger partial charge on any atom is 0.118 e. The standard InChI is InChI=1S/C16H27NOS/c1-5-13(3)11-19-12-16(17-6-2)14-7-9-15(18-4)10-8-14/h7-10,13,16-17H,5-6,11-12H2,1-4H3. The van der Waals surface area contributed by atoms with Crippen LogP contribution in [0, 0.1) is 5.92 Å². The van der Waals surface area contributed by atoms with E-state index in [0.29, 0.717) is 6.04 Å². The van der Waals surface area contributed by atoms with Gasteiger partial charge in [-0.3, -0.25) is 0 Å². The monoisotopic (exact) mass is 281 g/mol. The normalized spacial score (nSPS) is 14.1. The van der Waals surface area contributed by atoms with Gasteiger partial charge in [0.2, 0.25) is 0 Å². The smallest absolute Gasteiger partial charge is 0.118 e. The molecule has 0 aliphatic heterocycles. The lowest BCUT2D eigenvalue weighted by Crippen LogP contribution is -2.23. The number of hydrogen-bond donors (Lipinski definition) is 1. The molecule has 0 radical (unpaired) electrons. The molecule has 3 heteroatoms. The van der Waals surface area contributed by atoms with E-state index in [1.54, 1.807) is 7.11 Å². The van der Waals surface area contributed by atoms with E-state index in [-0.39, 0.29) is 0 Å². The molecule has 1 aromatic rings. The van der Waals surface area contributed by atoms with Gasteiger partial charge in [0.05, 0.1) is 7.11 Å². The van der Waals surface area contributed by atoms with Gasteiger partial charge in [0.15, 0.2) is 0 Å². The van der Waals surface area contributed by atoms with Gasteiger partial charge < -0.3 is 10.1 Å². The van der Waals surface area contributed by atoms with Crippen LogP contribution in [0.15, 0.2) is 24.3 Å². The summed E-state index contributed by atoms with van der Waals surface area (Å²) in [6.45, 7) is 7.75. The zero-order chi connectivity index (χ0) is 14.1. The van der Waals surface area contributed by atoms with Crippen LogP contribution in [0.5, 0.6) is 5.75 Å². The summed E-state index contributed by atoms with van der Waals surface area (Å²) in [5.41, 5.74) is 1.35. The molecule has 19 heavy (non-hydrogen) atoms. The molecule has 1 aromatic carbocycles. The predicted octanol–water partition coefficient (Wildman–Crippen LogP) is 4.13. The van der Waals surface area contributed by atoms with Gasteiger partial charge in [-0.1, -0.05) is 39.3 Å². The van der Waals surface area contributed by atoms with Crippen molar-refractivity contribution in [3.8, 4) is 5.75 Å². The molecule has 2 nitrogen and oxygen atoms in total.